The molecular formula is C18H16N2O6Zn. The minimum atomic E-state index is -1.36. The van der Waals surface area contributed by atoms with Gasteiger partial charge in [0, 0.05) is 23.5 Å². The second-order valence-electron chi connectivity index (χ2n) is 4.78. The van der Waals surface area contributed by atoms with E-state index in [4.69, 9.17) is 10.2 Å². The Morgan fingerprint density at radius 1 is 0.889 bits per heavy atom. The summed E-state index contributed by atoms with van der Waals surface area (Å²) in [6, 6.07) is 11.3. The Hall–Kier alpha value is -3.19. The number of hydrogen-bond acceptors (Lipinski definition) is 7. The molecule has 0 spiro atoms. The fourth-order valence-corrected chi connectivity index (χ4v) is 1.64. The predicted octanol–water partition coefficient (Wildman–Crippen LogP) is 0.227. The first-order chi connectivity index (χ1) is 12.3. The van der Waals surface area contributed by atoms with Crippen molar-refractivity contribution >= 4 is 11.9 Å². The summed E-state index contributed by atoms with van der Waals surface area (Å²) >= 11 is 0. The summed E-state index contributed by atoms with van der Waals surface area (Å²) in [5.41, 5.74) is -0.356. The average Bonchev–Trinajstić information content (AvgIpc) is 3.07. The molecule has 0 aliphatic carbocycles. The Labute approximate surface area is 167 Å². The molecule has 0 aliphatic rings. The van der Waals surface area contributed by atoms with E-state index >= 15 is 0 Å². The molecule has 0 amide bonds. The maximum Gasteiger partial charge on any atom is 2.00 e. The van der Waals surface area contributed by atoms with Crippen LogP contribution in [0.25, 0.3) is 0 Å². The Balaban J connectivity index is 0.000000380. The molecule has 1 heterocycles. The zero-order valence-electron chi connectivity index (χ0n) is 14.5. The maximum absolute atomic E-state index is 10.2. The number of H-pyrrole nitrogens is 1. The van der Waals surface area contributed by atoms with Crippen molar-refractivity contribution in [3.63, 3.8) is 0 Å². The van der Waals surface area contributed by atoms with Gasteiger partial charge in [0.25, 0.3) is 0 Å². The first-order valence-corrected chi connectivity index (χ1v) is 7.27. The normalized spacial score (nSPS) is 8.78. The zero-order valence-corrected chi connectivity index (χ0v) is 17.4. The predicted molar refractivity (Wildman–Crippen MR) is 88.2 cm³/mol. The van der Waals surface area contributed by atoms with Crippen LogP contribution in [0.4, 0.5) is 0 Å². The Bertz CT molecular complexity index is 797. The molecule has 3 rings (SSSR count). The number of aromatic carboxylic acids is 2. The Morgan fingerprint density at radius 3 is 1.48 bits per heavy atom. The molecule has 0 bridgehead atoms. The van der Waals surface area contributed by atoms with Crippen LogP contribution < -0.4 is 10.2 Å². The van der Waals surface area contributed by atoms with Crippen LogP contribution in [0.15, 0.2) is 60.9 Å². The molecular weight excluding hydrogens is 406 g/mol. The summed E-state index contributed by atoms with van der Waals surface area (Å²) in [6.07, 6.45) is 3.53. The third-order valence-corrected chi connectivity index (χ3v) is 2.88. The number of para-hydroxylation sites is 2. The summed E-state index contributed by atoms with van der Waals surface area (Å²) in [4.78, 5) is 27.1. The van der Waals surface area contributed by atoms with Gasteiger partial charge in [-0.1, -0.05) is 24.3 Å². The van der Waals surface area contributed by atoms with Gasteiger partial charge in [-0.3, -0.25) is 0 Å². The summed E-state index contributed by atoms with van der Waals surface area (Å²) in [5.74, 6) is -2.28. The second-order valence-corrected chi connectivity index (χ2v) is 4.78. The van der Waals surface area contributed by atoms with E-state index in [0.717, 1.165) is 5.82 Å². The molecule has 0 aliphatic heterocycles. The first kappa shape index (κ1) is 23.8. The van der Waals surface area contributed by atoms with Crippen LogP contribution in [0.1, 0.15) is 26.5 Å². The number of carboxylic acids is 2. The van der Waals surface area contributed by atoms with Crippen LogP contribution in [-0.4, -0.2) is 32.1 Å². The van der Waals surface area contributed by atoms with Crippen LogP contribution in [-0.2, 0) is 19.5 Å². The zero-order chi connectivity index (χ0) is 19.5. The molecule has 3 N–H and O–H groups in total. The maximum atomic E-state index is 10.2. The van der Waals surface area contributed by atoms with E-state index in [0.29, 0.717) is 0 Å². The third kappa shape index (κ3) is 8.64. The molecule has 0 saturated heterocycles. The summed E-state index contributed by atoms with van der Waals surface area (Å²) in [6.45, 7) is 1.92. The number of hydrogen-bond donors (Lipinski definition) is 3. The van der Waals surface area contributed by atoms with Gasteiger partial charge in [-0.05, 0) is 31.2 Å². The smallest absolute Gasteiger partial charge is 0.545 e. The first-order valence-electron chi connectivity index (χ1n) is 7.27. The van der Waals surface area contributed by atoms with Gasteiger partial charge < -0.3 is 35.0 Å². The van der Waals surface area contributed by atoms with Crippen LogP contribution in [0.2, 0.25) is 0 Å². The Kier molecular flexibility index (Phi) is 10.8. The number of phenols is 2. The van der Waals surface area contributed by atoms with Gasteiger partial charge in [-0.2, -0.15) is 0 Å². The van der Waals surface area contributed by atoms with Crippen molar-refractivity contribution in [2.24, 2.45) is 0 Å². The molecule has 3 aromatic rings. The van der Waals surface area contributed by atoms with Gasteiger partial charge in [0.1, 0.15) is 17.3 Å². The number of rotatable bonds is 2. The number of aromatic nitrogens is 2. The van der Waals surface area contributed by atoms with Gasteiger partial charge in [0.15, 0.2) is 0 Å². The quantitative estimate of drug-likeness (QED) is 0.501. The van der Waals surface area contributed by atoms with Crippen molar-refractivity contribution in [2.45, 2.75) is 6.92 Å². The largest absolute Gasteiger partial charge is 2.00 e. The third-order valence-electron chi connectivity index (χ3n) is 2.88. The number of benzene rings is 2. The molecule has 1 aromatic heterocycles. The SMILES string of the molecule is Cc1ncc[nH]1.O=C([O-])c1ccccc1O.O=C([O-])c1ccccc1O.[Zn+2]. The number of nitrogens with zero attached hydrogens (tertiary/aromatic N) is 1. The van der Waals surface area contributed by atoms with E-state index in [1.165, 1.54) is 36.4 Å². The molecule has 27 heavy (non-hydrogen) atoms. The molecule has 136 valence electrons. The number of aromatic hydroxyl groups is 2. The number of carbonyl (C=O) groups is 2. The van der Waals surface area contributed by atoms with Gasteiger partial charge in [0.2, 0.25) is 0 Å². The van der Waals surface area contributed by atoms with Gasteiger partial charge in [0.05, 0.1) is 11.9 Å². The van der Waals surface area contributed by atoms with E-state index < -0.39 is 11.9 Å². The topological polar surface area (TPSA) is 149 Å². The van der Waals surface area contributed by atoms with E-state index in [-0.39, 0.29) is 42.1 Å². The molecule has 0 saturated carbocycles. The van der Waals surface area contributed by atoms with Crippen LogP contribution in [0.5, 0.6) is 11.5 Å². The van der Waals surface area contributed by atoms with Crippen molar-refractivity contribution < 1.29 is 49.5 Å². The molecule has 0 atom stereocenters. The van der Waals surface area contributed by atoms with Crippen LogP contribution >= 0.6 is 0 Å². The second kappa shape index (κ2) is 12.2. The molecule has 0 fully saturated rings. The van der Waals surface area contributed by atoms with Crippen LogP contribution in [0, 0.1) is 6.92 Å². The van der Waals surface area contributed by atoms with Gasteiger partial charge >= 0.3 is 19.5 Å². The molecule has 9 heteroatoms. The minimum absolute atomic E-state index is 0. The number of aryl methyl sites for hydroxylation is 1. The van der Waals surface area contributed by atoms with Gasteiger partial charge in [-0.25, -0.2) is 4.98 Å². The number of nitrogens with one attached hydrogen (secondary N) is 1. The summed E-state index contributed by atoms with van der Waals surface area (Å²) < 4.78 is 0. The average molecular weight is 422 g/mol. The van der Waals surface area contributed by atoms with Gasteiger partial charge in [-0.15, -0.1) is 0 Å². The van der Waals surface area contributed by atoms with Crippen molar-refractivity contribution in [3.05, 3.63) is 77.9 Å². The molecule has 2 aromatic carbocycles. The van der Waals surface area contributed by atoms with E-state index in [1.54, 1.807) is 24.5 Å². The number of imidazole rings is 1. The minimum Gasteiger partial charge on any atom is -0.545 e. The Morgan fingerprint density at radius 2 is 1.30 bits per heavy atom. The van der Waals surface area contributed by atoms with E-state index in [2.05, 4.69) is 9.97 Å². The summed E-state index contributed by atoms with van der Waals surface area (Å²) in [5, 5.41) is 38.0. The number of carboxylic acid groups (broad SMARTS) is 2. The fraction of sp³-hybridized carbons (Fsp3) is 0.0556. The summed E-state index contributed by atoms with van der Waals surface area (Å²) in [7, 11) is 0. The molecule has 0 radical (unpaired) electrons. The standard InChI is InChI=1S/2C7H6O3.C4H6N2.Zn/c2*8-6-4-2-1-3-5(6)7(9)10;1-4-5-2-3-6-4;/h2*1-4,8H,(H,9,10);2-3H,1H3,(H,5,6);/q;;;+2/p-2. The van der Waals surface area contributed by atoms with E-state index in [1.807, 2.05) is 6.92 Å². The van der Waals surface area contributed by atoms with Crippen molar-refractivity contribution in [1.29, 1.82) is 0 Å². The van der Waals surface area contributed by atoms with E-state index in [9.17, 15) is 19.8 Å². The monoisotopic (exact) mass is 420 g/mol. The van der Waals surface area contributed by atoms with Crippen LogP contribution in [0.3, 0.4) is 0 Å². The number of carbonyl (C=O) groups excluding carboxylic acids is 2. The van der Waals surface area contributed by atoms with Crippen molar-refractivity contribution in [1.82, 2.24) is 9.97 Å². The molecule has 8 nitrogen and oxygen atoms in total. The fourth-order valence-electron chi connectivity index (χ4n) is 1.64. The number of aromatic amines is 1. The molecule has 0 unspecified atom stereocenters. The van der Waals surface area contributed by atoms with Crippen molar-refractivity contribution in [3.8, 4) is 11.5 Å². The van der Waals surface area contributed by atoms with Crippen molar-refractivity contribution in [2.75, 3.05) is 0 Å².